The highest BCUT2D eigenvalue weighted by Gasteiger charge is 2.31. The van der Waals surface area contributed by atoms with E-state index in [1.807, 2.05) is 0 Å². The molecule has 1 aliphatic rings. The smallest absolute Gasteiger partial charge is 0.249 e. The highest BCUT2D eigenvalue weighted by atomic mass is 32.2. The Balaban J connectivity index is 1.91. The van der Waals surface area contributed by atoms with Crippen LogP contribution in [0.15, 0.2) is 24.3 Å². The van der Waals surface area contributed by atoms with E-state index in [0.29, 0.717) is 0 Å². The first-order valence-corrected chi connectivity index (χ1v) is 9.43. The summed E-state index contributed by atoms with van der Waals surface area (Å²) in [6.07, 6.45) is -0.396. The van der Waals surface area contributed by atoms with Gasteiger partial charge in [0.25, 0.3) is 0 Å². The van der Waals surface area contributed by atoms with E-state index < -0.39 is 50.8 Å². The summed E-state index contributed by atoms with van der Waals surface area (Å²) in [6, 6.07) is 5.54. The molecule has 3 N–H and O–H groups in total. The topological polar surface area (TPSA) is 140 Å². The number of primary amides is 1. The van der Waals surface area contributed by atoms with Crippen molar-refractivity contribution in [3.8, 4) is 0 Å². The van der Waals surface area contributed by atoms with Crippen molar-refractivity contribution in [1.29, 1.82) is 0 Å². The lowest BCUT2D eigenvalue weighted by atomic mass is 10.1. The molecule has 9 heteroatoms. The number of benzene rings is 1. The molecule has 0 radical (unpaired) electrons. The molecule has 0 heterocycles. The number of rotatable bonds is 7. The summed E-state index contributed by atoms with van der Waals surface area (Å²) in [5.74, 6) is -3.14. The Bertz CT molecular complexity index is 815. The van der Waals surface area contributed by atoms with E-state index in [9.17, 15) is 27.6 Å². The molecule has 1 aromatic carbocycles. The van der Waals surface area contributed by atoms with Crippen molar-refractivity contribution in [2.24, 2.45) is 5.73 Å². The fourth-order valence-electron chi connectivity index (χ4n) is 2.59. The van der Waals surface area contributed by atoms with E-state index in [1.54, 1.807) is 12.1 Å². The van der Waals surface area contributed by atoms with E-state index in [-0.39, 0.29) is 30.4 Å². The van der Waals surface area contributed by atoms with Crippen LogP contribution in [0.1, 0.15) is 35.2 Å². The van der Waals surface area contributed by atoms with Crippen LogP contribution in [0.4, 0.5) is 0 Å². The highest BCUT2D eigenvalue weighted by molar-refractivity contribution is 7.90. The molecule has 0 aliphatic heterocycles. The van der Waals surface area contributed by atoms with E-state index in [4.69, 9.17) is 5.73 Å². The van der Waals surface area contributed by atoms with E-state index in [2.05, 4.69) is 5.32 Å². The second-order valence-electron chi connectivity index (χ2n) is 5.88. The lowest BCUT2D eigenvalue weighted by Gasteiger charge is -2.11. The summed E-state index contributed by atoms with van der Waals surface area (Å²) in [6.45, 7) is 0. The summed E-state index contributed by atoms with van der Waals surface area (Å²) in [5, 5.41) is 2.49. The second kappa shape index (κ2) is 7.56. The van der Waals surface area contributed by atoms with Gasteiger partial charge in [-0.3, -0.25) is 19.2 Å². The van der Waals surface area contributed by atoms with Crippen molar-refractivity contribution < 1.29 is 27.6 Å². The number of Topliss-reactive ketones (excluding diaryl/α,β-unsaturated/α-hetero) is 2. The molecular weight excluding hydrogens is 348 g/mol. The van der Waals surface area contributed by atoms with E-state index in [1.165, 1.54) is 12.1 Å². The minimum absolute atomic E-state index is 0.0523. The maximum atomic E-state index is 12.2. The minimum atomic E-state index is -3.64. The van der Waals surface area contributed by atoms with Crippen LogP contribution in [0, 0.1) is 0 Å². The van der Waals surface area contributed by atoms with Crippen LogP contribution in [-0.4, -0.2) is 43.6 Å². The fourth-order valence-corrected chi connectivity index (χ4v) is 3.96. The van der Waals surface area contributed by atoms with Gasteiger partial charge >= 0.3 is 0 Å². The summed E-state index contributed by atoms with van der Waals surface area (Å²) < 4.78 is 24.4. The van der Waals surface area contributed by atoms with Gasteiger partial charge in [-0.05, 0) is 11.6 Å². The van der Waals surface area contributed by atoms with Crippen LogP contribution in [0.5, 0.6) is 0 Å². The van der Waals surface area contributed by atoms with Crippen LogP contribution in [0.2, 0.25) is 0 Å². The molecule has 25 heavy (non-hydrogen) atoms. The van der Waals surface area contributed by atoms with Crippen LogP contribution in [0.25, 0.3) is 0 Å². The van der Waals surface area contributed by atoms with Gasteiger partial charge in [0.15, 0.2) is 9.84 Å². The number of hydrogen-bond acceptors (Lipinski definition) is 6. The molecule has 0 atom stereocenters. The Kier molecular flexibility index (Phi) is 5.68. The highest BCUT2D eigenvalue weighted by Crippen LogP contribution is 2.14. The summed E-state index contributed by atoms with van der Waals surface area (Å²) >= 11 is 0. The number of carbonyl (C=O) groups excluding carboxylic acids is 4. The fraction of sp³-hybridized carbons (Fsp3) is 0.375. The second-order valence-corrected chi connectivity index (χ2v) is 8.07. The van der Waals surface area contributed by atoms with Gasteiger partial charge < -0.3 is 11.1 Å². The number of sulfone groups is 1. The van der Waals surface area contributed by atoms with Gasteiger partial charge in [-0.2, -0.15) is 0 Å². The molecule has 0 saturated heterocycles. The third-order valence-electron chi connectivity index (χ3n) is 3.84. The molecule has 0 bridgehead atoms. The minimum Gasteiger partial charge on any atom is -0.366 e. The van der Waals surface area contributed by atoms with Gasteiger partial charge in [0.2, 0.25) is 23.4 Å². The molecule has 1 saturated carbocycles. The summed E-state index contributed by atoms with van der Waals surface area (Å²) in [4.78, 5) is 45.4. The Labute approximate surface area is 144 Å². The van der Waals surface area contributed by atoms with Crippen molar-refractivity contribution >= 4 is 33.2 Å². The molecule has 2 amide bonds. The first kappa shape index (κ1) is 18.8. The molecule has 1 fully saturated rings. The Morgan fingerprint density at radius 1 is 1.12 bits per heavy atom. The number of nitrogens with two attached hydrogens (primary N) is 1. The standard InChI is InChI=1S/C16H18N2O6S/c17-16(22)12-4-2-1-3-10(12)9-25(23,24)6-5-15(21)18-11-7-13(19)14(20)8-11/h1-4,11H,5-9H2,(H2,17,22)(H,18,21). The Hall–Kier alpha value is -2.55. The third kappa shape index (κ3) is 5.21. The predicted octanol–water partition coefficient (Wildman–Crippen LogP) is -0.493. The van der Waals surface area contributed by atoms with Gasteiger partial charge in [-0.25, -0.2) is 8.42 Å². The normalized spacial score (nSPS) is 15.4. The molecule has 134 valence electrons. The van der Waals surface area contributed by atoms with Crippen LogP contribution < -0.4 is 11.1 Å². The first-order valence-electron chi connectivity index (χ1n) is 7.61. The molecular formula is C16H18N2O6S. The monoisotopic (exact) mass is 366 g/mol. The van der Waals surface area contributed by atoms with Crippen molar-refractivity contribution in [3.05, 3.63) is 35.4 Å². The molecule has 0 unspecified atom stereocenters. The number of carbonyl (C=O) groups is 4. The van der Waals surface area contributed by atoms with Gasteiger partial charge in [-0.1, -0.05) is 18.2 Å². The molecule has 8 nitrogen and oxygen atoms in total. The van der Waals surface area contributed by atoms with E-state index >= 15 is 0 Å². The van der Waals surface area contributed by atoms with Crippen molar-refractivity contribution in [2.45, 2.75) is 31.1 Å². The zero-order valence-electron chi connectivity index (χ0n) is 13.4. The summed E-state index contributed by atoms with van der Waals surface area (Å²) in [7, 11) is -3.64. The summed E-state index contributed by atoms with van der Waals surface area (Å²) in [5.41, 5.74) is 5.62. The van der Waals surface area contributed by atoms with E-state index in [0.717, 1.165) is 0 Å². The number of hydrogen-bond donors (Lipinski definition) is 2. The Morgan fingerprint density at radius 3 is 2.32 bits per heavy atom. The SMILES string of the molecule is NC(=O)c1ccccc1CS(=O)(=O)CCC(=O)NC1CC(=O)C(=O)C1. The zero-order valence-corrected chi connectivity index (χ0v) is 14.2. The maximum absolute atomic E-state index is 12.2. The van der Waals surface area contributed by atoms with Crippen LogP contribution in [0.3, 0.4) is 0 Å². The van der Waals surface area contributed by atoms with Crippen molar-refractivity contribution in [1.82, 2.24) is 5.32 Å². The Morgan fingerprint density at radius 2 is 1.72 bits per heavy atom. The molecule has 1 aromatic rings. The van der Waals surface area contributed by atoms with Crippen LogP contribution >= 0.6 is 0 Å². The number of nitrogens with one attached hydrogen (secondary N) is 1. The maximum Gasteiger partial charge on any atom is 0.249 e. The molecule has 1 aliphatic carbocycles. The lowest BCUT2D eigenvalue weighted by Crippen LogP contribution is -2.34. The number of ketones is 2. The van der Waals surface area contributed by atoms with Crippen LogP contribution in [-0.2, 0) is 30.0 Å². The molecule has 0 aromatic heterocycles. The predicted molar refractivity (Wildman–Crippen MR) is 88.2 cm³/mol. The van der Waals surface area contributed by atoms with Gasteiger partial charge in [0, 0.05) is 30.9 Å². The van der Waals surface area contributed by atoms with Crippen molar-refractivity contribution in [3.63, 3.8) is 0 Å². The molecule has 2 rings (SSSR count). The number of amides is 2. The van der Waals surface area contributed by atoms with Gasteiger partial charge in [0.05, 0.1) is 11.5 Å². The largest absolute Gasteiger partial charge is 0.366 e. The van der Waals surface area contributed by atoms with Crippen molar-refractivity contribution in [2.75, 3.05) is 5.75 Å². The first-order chi connectivity index (χ1) is 11.7. The van der Waals surface area contributed by atoms with Gasteiger partial charge in [0.1, 0.15) is 0 Å². The molecule has 0 spiro atoms. The van der Waals surface area contributed by atoms with Gasteiger partial charge in [-0.15, -0.1) is 0 Å². The zero-order chi connectivity index (χ0) is 18.6. The quantitative estimate of drug-likeness (QED) is 0.624. The third-order valence-corrected chi connectivity index (χ3v) is 5.42. The average molecular weight is 366 g/mol. The average Bonchev–Trinajstić information content (AvgIpc) is 2.83. The lowest BCUT2D eigenvalue weighted by molar-refractivity contribution is -0.134.